The van der Waals surface area contributed by atoms with Gasteiger partial charge in [-0.25, -0.2) is 0 Å². The number of aromatic nitrogens is 1. The van der Waals surface area contributed by atoms with Gasteiger partial charge in [0.1, 0.15) is 5.69 Å². The van der Waals surface area contributed by atoms with Gasteiger partial charge in [-0.1, -0.05) is 29.3 Å². The highest BCUT2D eigenvalue weighted by molar-refractivity contribution is 6.42. The van der Waals surface area contributed by atoms with Gasteiger partial charge in [0, 0.05) is 30.9 Å². The highest BCUT2D eigenvalue weighted by Gasteiger charge is 2.39. The Kier molecular flexibility index (Phi) is 4.07. The van der Waals surface area contributed by atoms with Gasteiger partial charge >= 0.3 is 0 Å². The molecule has 0 spiro atoms. The van der Waals surface area contributed by atoms with Crippen LogP contribution in [0.3, 0.4) is 0 Å². The summed E-state index contributed by atoms with van der Waals surface area (Å²) in [7, 11) is 1.89. The summed E-state index contributed by atoms with van der Waals surface area (Å²) in [5.74, 6) is -0.0249. The molecule has 2 saturated heterocycles. The normalized spacial score (nSPS) is 25.2. The van der Waals surface area contributed by atoms with Crippen molar-refractivity contribution in [3.63, 3.8) is 0 Å². The van der Waals surface area contributed by atoms with Crippen LogP contribution in [-0.2, 0) is 7.05 Å². The van der Waals surface area contributed by atoms with Crippen LogP contribution in [0.4, 0.5) is 0 Å². The summed E-state index contributed by atoms with van der Waals surface area (Å²) >= 11 is 12.1. The highest BCUT2D eigenvalue weighted by Crippen LogP contribution is 2.30. The molecule has 6 heteroatoms. The molecule has 2 aliphatic rings. The van der Waals surface area contributed by atoms with Crippen molar-refractivity contribution in [3.05, 3.63) is 46.1 Å². The molecule has 0 aliphatic carbocycles. The maximum Gasteiger partial charge on any atom is 0.268 e. The summed E-state index contributed by atoms with van der Waals surface area (Å²) in [4.78, 5) is 12.7. The molecule has 2 N–H and O–H groups in total. The van der Waals surface area contributed by atoms with E-state index in [0.29, 0.717) is 27.8 Å². The topological polar surface area (TPSA) is 46.1 Å². The summed E-state index contributed by atoms with van der Waals surface area (Å²) < 4.78 is 1.90. The van der Waals surface area contributed by atoms with E-state index < -0.39 is 0 Å². The molecule has 2 aliphatic heterocycles. The number of nitrogens with one attached hydrogen (secondary N) is 2. The van der Waals surface area contributed by atoms with E-state index >= 15 is 0 Å². The molecule has 1 aromatic heterocycles. The SMILES string of the molecule is Cn1c(C(=O)N[C@@H]2C[C@H]3CC[C@@H]2N3)ccc1-c1ccc(Cl)c(Cl)c1. The van der Waals surface area contributed by atoms with Gasteiger partial charge in [-0.2, -0.15) is 0 Å². The van der Waals surface area contributed by atoms with Crippen molar-refractivity contribution in [2.24, 2.45) is 7.05 Å². The van der Waals surface area contributed by atoms with Crippen LogP contribution in [-0.4, -0.2) is 28.6 Å². The Morgan fingerprint density at radius 3 is 2.71 bits per heavy atom. The first-order chi connectivity index (χ1) is 11.5. The van der Waals surface area contributed by atoms with Crippen molar-refractivity contribution in [2.45, 2.75) is 37.4 Å². The highest BCUT2D eigenvalue weighted by atomic mass is 35.5. The van der Waals surface area contributed by atoms with Crippen molar-refractivity contribution >= 4 is 29.1 Å². The maximum absolute atomic E-state index is 12.7. The Hall–Kier alpha value is -1.49. The number of hydrogen-bond acceptors (Lipinski definition) is 2. The number of hydrogen-bond donors (Lipinski definition) is 2. The summed E-state index contributed by atoms with van der Waals surface area (Å²) in [5.41, 5.74) is 2.52. The van der Waals surface area contributed by atoms with Gasteiger partial charge in [0.15, 0.2) is 0 Å². The summed E-state index contributed by atoms with van der Waals surface area (Å²) in [6, 6.07) is 10.5. The molecule has 0 unspecified atom stereocenters. The van der Waals surface area contributed by atoms with E-state index in [0.717, 1.165) is 24.1 Å². The minimum atomic E-state index is -0.0249. The van der Waals surface area contributed by atoms with Crippen LogP contribution < -0.4 is 10.6 Å². The van der Waals surface area contributed by atoms with E-state index in [1.807, 2.05) is 35.9 Å². The predicted octanol–water partition coefficient (Wildman–Crippen LogP) is 3.62. The lowest BCUT2D eigenvalue weighted by Crippen LogP contribution is -2.43. The lowest BCUT2D eigenvalue weighted by molar-refractivity contribution is 0.0923. The molecule has 0 saturated carbocycles. The van der Waals surface area contributed by atoms with Gasteiger partial charge in [-0.05, 0) is 49.1 Å². The van der Waals surface area contributed by atoms with Crippen LogP contribution in [0.2, 0.25) is 10.0 Å². The van der Waals surface area contributed by atoms with E-state index in [1.54, 1.807) is 6.07 Å². The van der Waals surface area contributed by atoms with Gasteiger partial charge in [0.25, 0.3) is 5.91 Å². The number of rotatable bonds is 3. The van der Waals surface area contributed by atoms with Gasteiger partial charge in [-0.15, -0.1) is 0 Å². The zero-order valence-electron chi connectivity index (χ0n) is 13.4. The molecule has 3 atom stereocenters. The molecule has 4 nitrogen and oxygen atoms in total. The monoisotopic (exact) mass is 363 g/mol. The molecule has 3 heterocycles. The molecule has 0 radical (unpaired) electrons. The molecule has 2 bridgehead atoms. The molecule has 24 heavy (non-hydrogen) atoms. The molecule has 2 fully saturated rings. The van der Waals surface area contributed by atoms with Crippen LogP contribution in [0.15, 0.2) is 30.3 Å². The summed E-state index contributed by atoms with van der Waals surface area (Å²) in [5, 5.41) is 7.76. The fourth-order valence-electron chi connectivity index (χ4n) is 3.91. The Bertz CT molecular complexity index is 802. The fraction of sp³-hybridized carbons (Fsp3) is 0.389. The lowest BCUT2D eigenvalue weighted by Gasteiger charge is -2.21. The van der Waals surface area contributed by atoms with E-state index in [1.165, 1.54) is 6.42 Å². The zero-order valence-corrected chi connectivity index (χ0v) is 14.9. The molecule has 2 aromatic rings. The first-order valence-corrected chi connectivity index (χ1v) is 8.96. The number of amides is 1. The third kappa shape index (κ3) is 2.73. The second-order valence-electron chi connectivity index (χ2n) is 6.65. The first kappa shape index (κ1) is 16.0. The average molecular weight is 364 g/mol. The molecule has 1 aromatic carbocycles. The largest absolute Gasteiger partial charge is 0.346 e. The molecule has 1 amide bonds. The molecule has 4 rings (SSSR count). The number of carbonyl (C=O) groups excluding carboxylic acids is 1. The minimum absolute atomic E-state index is 0.0249. The van der Waals surface area contributed by atoms with Crippen LogP contribution in [0.5, 0.6) is 0 Å². The standard InChI is InChI=1S/C18H19Cl2N3O/c1-23-16(10-2-4-12(19)13(20)8-10)6-7-17(23)18(24)22-15-9-11-3-5-14(15)21-11/h2,4,6-8,11,14-15,21H,3,5,9H2,1H3,(H,22,24)/t11-,14+,15-/m1/s1. The molecule has 126 valence electrons. The predicted molar refractivity (Wildman–Crippen MR) is 96.7 cm³/mol. The van der Waals surface area contributed by atoms with Crippen molar-refractivity contribution in [3.8, 4) is 11.3 Å². The van der Waals surface area contributed by atoms with Gasteiger partial charge in [-0.3, -0.25) is 4.79 Å². The van der Waals surface area contributed by atoms with E-state index in [9.17, 15) is 4.79 Å². The van der Waals surface area contributed by atoms with E-state index in [4.69, 9.17) is 23.2 Å². The third-order valence-corrected chi connectivity index (χ3v) is 5.93. The van der Waals surface area contributed by atoms with Crippen LogP contribution in [0, 0.1) is 0 Å². The lowest BCUT2D eigenvalue weighted by atomic mass is 9.95. The summed E-state index contributed by atoms with van der Waals surface area (Å²) in [6.07, 6.45) is 3.40. The van der Waals surface area contributed by atoms with E-state index in [-0.39, 0.29) is 11.9 Å². The van der Waals surface area contributed by atoms with Gasteiger partial charge in [0.05, 0.1) is 10.0 Å². The van der Waals surface area contributed by atoms with Crippen LogP contribution in [0.25, 0.3) is 11.3 Å². The number of carbonyl (C=O) groups is 1. The minimum Gasteiger partial charge on any atom is -0.346 e. The second kappa shape index (κ2) is 6.10. The number of nitrogens with zero attached hydrogens (tertiary/aromatic N) is 1. The van der Waals surface area contributed by atoms with Crippen LogP contribution in [0.1, 0.15) is 29.8 Å². The van der Waals surface area contributed by atoms with Crippen molar-refractivity contribution in [2.75, 3.05) is 0 Å². The third-order valence-electron chi connectivity index (χ3n) is 5.19. The fourth-order valence-corrected chi connectivity index (χ4v) is 4.21. The number of benzene rings is 1. The molecular formula is C18H19Cl2N3O. The number of fused-ring (bicyclic) bond motifs is 2. The molecular weight excluding hydrogens is 345 g/mol. The van der Waals surface area contributed by atoms with Gasteiger partial charge in [0.2, 0.25) is 0 Å². The van der Waals surface area contributed by atoms with Gasteiger partial charge < -0.3 is 15.2 Å². The zero-order chi connectivity index (χ0) is 16.8. The summed E-state index contributed by atoms with van der Waals surface area (Å²) in [6.45, 7) is 0. The van der Waals surface area contributed by atoms with Crippen molar-refractivity contribution in [1.29, 1.82) is 0 Å². The van der Waals surface area contributed by atoms with E-state index in [2.05, 4.69) is 10.6 Å². The first-order valence-electron chi connectivity index (χ1n) is 8.21. The number of halogens is 2. The Morgan fingerprint density at radius 2 is 2.04 bits per heavy atom. The quantitative estimate of drug-likeness (QED) is 0.874. The Balaban J connectivity index is 1.55. The Labute approximate surface area is 151 Å². The van der Waals surface area contributed by atoms with Crippen LogP contribution >= 0.6 is 23.2 Å². The second-order valence-corrected chi connectivity index (χ2v) is 7.47. The van der Waals surface area contributed by atoms with Crippen molar-refractivity contribution in [1.82, 2.24) is 15.2 Å². The smallest absolute Gasteiger partial charge is 0.268 e. The average Bonchev–Trinajstić information content (AvgIpc) is 3.25. The Morgan fingerprint density at radius 1 is 1.21 bits per heavy atom. The van der Waals surface area contributed by atoms with Crippen molar-refractivity contribution < 1.29 is 4.79 Å². The maximum atomic E-state index is 12.7.